The third-order valence-electron chi connectivity index (χ3n) is 4.30. The standard InChI is InChI=1S/C19H17F4N/c1-2-13-11-24(12-18(13)14-5-3-7-16(20)9-14)17-8-4-6-15(10-17)19(21,22)23/h3-10H,2,11-12H2,1H3. The van der Waals surface area contributed by atoms with Crippen LogP contribution in [0.15, 0.2) is 54.1 Å². The molecule has 0 atom stereocenters. The van der Waals surface area contributed by atoms with E-state index in [-0.39, 0.29) is 5.82 Å². The summed E-state index contributed by atoms with van der Waals surface area (Å²) >= 11 is 0. The Labute approximate surface area is 138 Å². The molecule has 1 nitrogen and oxygen atoms in total. The largest absolute Gasteiger partial charge is 0.416 e. The van der Waals surface area contributed by atoms with Crippen molar-refractivity contribution in [3.05, 3.63) is 71.0 Å². The molecule has 1 heterocycles. The van der Waals surface area contributed by atoms with Crippen molar-refractivity contribution in [3.63, 3.8) is 0 Å². The van der Waals surface area contributed by atoms with Gasteiger partial charge in [-0.1, -0.05) is 25.1 Å². The molecule has 0 spiro atoms. The first-order valence-corrected chi connectivity index (χ1v) is 7.77. The average molecular weight is 335 g/mol. The fourth-order valence-electron chi connectivity index (χ4n) is 3.04. The van der Waals surface area contributed by atoms with Crippen LogP contribution >= 0.6 is 0 Å². The maximum absolute atomic E-state index is 13.5. The molecule has 0 aromatic heterocycles. The summed E-state index contributed by atoms with van der Waals surface area (Å²) < 4.78 is 52.2. The highest BCUT2D eigenvalue weighted by molar-refractivity contribution is 5.77. The topological polar surface area (TPSA) is 3.24 Å². The number of hydrogen-bond donors (Lipinski definition) is 0. The number of benzene rings is 2. The van der Waals surface area contributed by atoms with Gasteiger partial charge in [0.15, 0.2) is 0 Å². The minimum absolute atomic E-state index is 0.312. The number of rotatable bonds is 3. The first-order valence-electron chi connectivity index (χ1n) is 7.77. The van der Waals surface area contributed by atoms with Crippen LogP contribution in [0.3, 0.4) is 0 Å². The molecule has 2 aromatic rings. The zero-order chi connectivity index (χ0) is 17.3. The van der Waals surface area contributed by atoms with E-state index < -0.39 is 11.7 Å². The smallest absolute Gasteiger partial charge is 0.363 e. The van der Waals surface area contributed by atoms with Crippen LogP contribution < -0.4 is 4.90 Å². The lowest BCUT2D eigenvalue weighted by Crippen LogP contribution is -2.21. The molecule has 2 aromatic carbocycles. The monoisotopic (exact) mass is 335 g/mol. The highest BCUT2D eigenvalue weighted by Gasteiger charge is 2.31. The molecule has 0 N–H and O–H groups in total. The summed E-state index contributed by atoms with van der Waals surface area (Å²) in [6.45, 7) is 3.04. The molecule has 3 rings (SSSR count). The Balaban J connectivity index is 1.90. The highest BCUT2D eigenvalue weighted by atomic mass is 19.4. The van der Waals surface area contributed by atoms with Crippen LogP contribution in [0.4, 0.5) is 23.2 Å². The summed E-state index contributed by atoms with van der Waals surface area (Å²) in [6.07, 6.45) is -3.58. The first kappa shape index (κ1) is 16.6. The van der Waals surface area contributed by atoms with Crippen molar-refractivity contribution in [1.29, 1.82) is 0 Å². The molecule has 0 amide bonds. The van der Waals surface area contributed by atoms with Crippen LogP contribution in [-0.2, 0) is 6.18 Å². The van der Waals surface area contributed by atoms with Crippen LogP contribution in [0, 0.1) is 5.82 Å². The van der Waals surface area contributed by atoms with Crippen LogP contribution in [0.25, 0.3) is 5.57 Å². The Morgan fingerprint density at radius 2 is 1.75 bits per heavy atom. The number of alkyl halides is 3. The van der Waals surface area contributed by atoms with Crippen LogP contribution in [-0.4, -0.2) is 13.1 Å². The summed E-state index contributed by atoms with van der Waals surface area (Å²) in [5.74, 6) is -0.312. The van der Waals surface area contributed by atoms with E-state index in [4.69, 9.17) is 0 Å². The van der Waals surface area contributed by atoms with E-state index in [2.05, 4.69) is 0 Å². The third-order valence-corrected chi connectivity index (χ3v) is 4.30. The molecular weight excluding hydrogens is 318 g/mol. The van der Waals surface area contributed by atoms with Crippen molar-refractivity contribution in [3.8, 4) is 0 Å². The number of anilines is 1. The maximum atomic E-state index is 13.5. The van der Waals surface area contributed by atoms with Gasteiger partial charge in [-0.05, 0) is 53.5 Å². The van der Waals surface area contributed by atoms with E-state index in [9.17, 15) is 17.6 Å². The van der Waals surface area contributed by atoms with Crippen molar-refractivity contribution in [2.75, 3.05) is 18.0 Å². The first-order chi connectivity index (χ1) is 11.4. The Morgan fingerprint density at radius 3 is 2.42 bits per heavy atom. The average Bonchev–Trinajstić information content (AvgIpc) is 2.98. The molecule has 0 saturated carbocycles. The van der Waals surface area contributed by atoms with Crippen LogP contribution in [0.5, 0.6) is 0 Å². The number of nitrogens with zero attached hydrogens (tertiary/aromatic N) is 1. The molecule has 0 aliphatic carbocycles. The highest BCUT2D eigenvalue weighted by Crippen LogP contribution is 2.35. The molecule has 24 heavy (non-hydrogen) atoms. The van der Waals surface area contributed by atoms with Gasteiger partial charge in [-0.15, -0.1) is 0 Å². The minimum Gasteiger partial charge on any atom is -0.363 e. The van der Waals surface area contributed by atoms with Crippen molar-refractivity contribution >= 4 is 11.3 Å². The van der Waals surface area contributed by atoms with Crippen molar-refractivity contribution in [2.24, 2.45) is 0 Å². The van der Waals surface area contributed by atoms with E-state index in [1.807, 2.05) is 17.9 Å². The van der Waals surface area contributed by atoms with Gasteiger partial charge in [0.05, 0.1) is 5.56 Å². The van der Waals surface area contributed by atoms with Gasteiger partial charge in [0, 0.05) is 18.8 Å². The summed E-state index contributed by atoms with van der Waals surface area (Å²) in [6, 6.07) is 11.7. The molecule has 0 fully saturated rings. The van der Waals surface area contributed by atoms with Gasteiger partial charge in [0.25, 0.3) is 0 Å². The van der Waals surface area contributed by atoms with E-state index in [0.717, 1.165) is 29.2 Å². The fraction of sp³-hybridized carbons (Fsp3) is 0.263. The lowest BCUT2D eigenvalue weighted by Gasteiger charge is -2.20. The zero-order valence-corrected chi connectivity index (χ0v) is 13.2. The zero-order valence-electron chi connectivity index (χ0n) is 13.2. The molecule has 126 valence electrons. The molecule has 0 saturated heterocycles. The van der Waals surface area contributed by atoms with Gasteiger partial charge in [-0.25, -0.2) is 4.39 Å². The lowest BCUT2D eigenvalue weighted by atomic mass is 10.0. The Hall–Kier alpha value is -2.30. The molecule has 5 heteroatoms. The molecule has 0 unspecified atom stereocenters. The van der Waals surface area contributed by atoms with Crippen LogP contribution in [0.2, 0.25) is 0 Å². The van der Waals surface area contributed by atoms with Gasteiger partial charge in [-0.3, -0.25) is 0 Å². The van der Waals surface area contributed by atoms with Gasteiger partial charge >= 0.3 is 6.18 Å². The van der Waals surface area contributed by atoms with Crippen molar-refractivity contribution in [1.82, 2.24) is 0 Å². The lowest BCUT2D eigenvalue weighted by molar-refractivity contribution is -0.137. The Bertz CT molecular complexity index is 777. The van der Waals surface area contributed by atoms with Crippen molar-refractivity contribution in [2.45, 2.75) is 19.5 Å². The van der Waals surface area contributed by atoms with Gasteiger partial charge in [0.1, 0.15) is 5.82 Å². The predicted octanol–water partition coefficient (Wildman–Crippen LogP) is 5.53. The predicted molar refractivity (Wildman–Crippen MR) is 87.3 cm³/mol. The second-order valence-electron chi connectivity index (χ2n) is 5.85. The second-order valence-corrected chi connectivity index (χ2v) is 5.85. The Kier molecular flexibility index (Phi) is 4.35. The van der Waals surface area contributed by atoms with Crippen LogP contribution in [0.1, 0.15) is 24.5 Å². The summed E-state index contributed by atoms with van der Waals surface area (Å²) in [7, 11) is 0. The summed E-state index contributed by atoms with van der Waals surface area (Å²) in [5, 5.41) is 0. The second kappa shape index (κ2) is 6.30. The molecule has 1 aliphatic heterocycles. The number of halogens is 4. The van der Waals surface area contributed by atoms with Gasteiger partial charge < -0.3 is 4.90 Å². The molecular formula is C19H17F4N. The normalized spacial score (nSPS) is 15.3. The van der Waals surface area contributed by atoms with Crippen molar-refractivity contribution < 1.29 is 17.6 Å². The van der Waals surface area contributed by atoms with Gasteiger partial charge in [0.2, 0.25) is 0 Å². The minimum atomic E-state index is -4.36. The van der Waals surface area contributed by atoms with E-state index in [1.165, 1.54) is 24.3 Å². The third kappa shape index (κ3) is 3.30. The fourth-order valence-corrected chi connectivity index (χ4v) is 3.04. The molecule has 0 bridgehead atoms. The Morgan fingerprint density at radius 1 is 1.00 bits per heavy atom. The molecule has 0 radical (unpaired) electrons. The van der Waals surface area contributed by atoms with Gasteiger partial charge in [-0.2, -0.15) is 13.2 Å². The van der Waals surface area contributed by atoms with E-state index in [0.29, 0.717) is 18.8 Å². The number of hydrogen-bond acceptors (Lipinski definition) is 1. The maximum Gasteiger partial charge on any atom is 0.416 e. The SMILES string of the molecule is CCC1=C(c2cccc(F)c2)CN(c2cccc(C(F)(F)F)c2)C1. The molecule has 1 aliphatic rings. The summed E-state index contributed by atoms with van der Waals surface area (Å²) in [4.78, 5) is 1.90. The van der Waals surface area contributed by atoms with E-state index in [1.54, 1.807) is 12.1 Å². The quantitative estimate of drug-likeness (QED) is 0.667. The van der Waals surface area contributed by atoms with E-state index >= 15 is 0 Å². The summed E-state index contributed by atoms with van der Waals surface area (Å²) in [5.41, 5.74) is 2.79.